The van der Waals surface area contributed by atoms with Crippen LogP contribution in [-0.2, 0) is 19.1 Å². The number of allylic oxidation sites excluding steroid dienone is 4. The second-order valence-corrected chi connectivity index (χ2v) is 13.4. The Labute approximate surface area is 289 Å². The summed E-state index contributed by atoms with van der Waals surface area (Å²) >= 11 is 0. The summed E-state index contributed by atoms with van der Waals surface area (Å²) in [5, 5.41) is 46.9. The zero-order chi connectivity index (χ0) is 37.6. The molecule has 50 heavy (non-hydrogen) atoms. The molecule has 3 heterocycles. The average Bonchev–Trinajstić information content (AvgIpc) is 3.33. The van der Waals surface area contributed by atoms with Gasteiger partial charge in [-0.25, -0.2) is 0 Å². The number of aromatic hydroxyl groups is 1. The molecule has 5 rings (SSSR count). The van der Waals surface area contributed by atoms with Crippen LogP contribution in [0.4, 0.5) is 0 Å². The van der Waals surface area contributed by atoms with Gasteiger partial charge in [0.05, 0.1) is 41.3 Å². The number of aliphatic hydroxyl groups excluding tert-OH is 3. The van der Waals surface area contributed by atoms with Crippen molar-refractivity contribution < 1.29 is 58.6 Å². The van der Waals surface area contributed by atoms with Crippen molar-refractivity contribution in [2.75, 3.05) is 0 Å². The molecular weight excluding hydrogens is 652 g/mol. The number of rotatable bonds is 1. The van der Waals surface area contributed by atoms with Crippen LogP contribution in [0.3, 0.4) is 0 Å². The smallest absolute Gasteiger partial charge is 0.312 e. The summed E-state index contributed by atoms with van der Waals surface area (Å²) in [6.07, 6.45) is 1.99. The number of phenolic OH excluding ortho intramolecular Hbond substituents is 1. The van der Waals surface area contributed by atoms with Gasteiger partial charge in [0.15, 0.2) is 0 Å². The van der Waals surface area contributed by atoms with Crippen LogP contribution >= 0.6 is 0 Å². The third-order valence-corrected chi connectivity index (χ3v) is 9.75. The standard InChI is InChI=1S/C36H44N2O12/c1-14-10-9-11-15(2)35(47)38-26-25(37)30(44)22-23(31(26)45)29(43)19(6)33-24(22)34(46)36(8,50-33)48-13-12-21(40)16(3)32(49-20(7)39)18(5)28(42)17(4)27(14)41/h9-14,16-18,21,27-28,32,40-43H,37H2,1-8H3,(H,38,47)/t14-,16+,17+,18+,21-,27-,28+,32+,36-/m0/s1. The highest BCUT2D eigenvalue weighted by molar-refractivity contribution is 6.32. The minimum atomic E-state index is -2.13. The summed E-state index contributed by atoms with van der Waals surface area (Å²) in [6.45, 7) is 11.7. The minimum Gasteiger partial charge on any atom is -0.507 e. The molecule has 1 amide bonds. The van der Waals surface area contributed by atoms with Crippen LogP contribution in [0.2, 0.25) is 0 Å². The molecule has 5 bridgehead atoms. The third kappa shape index (κ3) is 6.70. The monoisotopic (exact) mass is 696 g/mol. The largest absolute Gasteiger partial charge is 0.507 e. The number of fused-ring (bicyclic) bond motifs is 14. The van der Waals surface area contributed by atoms with Crippen molar-refractivity contribution in [1.29, 1.82) is 0 Å². The van der Waals surface area contributed by atoms with E-state index >= 15 is 0 Å². The summed E-state index contributed by atoms with van der Waals surface area (Å²) in [5.74, 6) is -10.3. The van der Waals surface area contributed by atoms with E-state index in [2.05, 4.69) is 5.32 Å². The quantitative estimate of drug-likeness (QED) is 0.232. The Hall–Kier alpha value is -4.79. The van der Waals surface area contributed by atoms with Crippen LogP contribution in [0.1, 0.15) is 85.1 Å². The van der Waals surface area contributed by atoms with E-state index in [1.165, 1.54) is 45.9 Å². The van der Waals surface area contributed by atoms with E-state index in [-0.39, 0.29) is 22.4 Å². The van der Waals surface area contributed by atoms with Crippen LogP contribution in [-0.4, -0.2) is 79.9 Å². The predicted molar refractivity (Wildman–Crippen MR) is 178 cm³/mol. The topological polar surface area (TPSA) is 232 Å². The summed E-state index contributed by atoms with van der Waals surface area (Å²) in [7, 11) is 0. The molecule has 1 aliphatic carbocycles. The minimum absolute atomic E-state index is 0.0570. The number of amides is 1. The number of nitrogens with one attached hydrogen (secondary N) is 1. The molecule has 9 atom stereocenters. The molecule has 14 nitrogen and oxygen atoms in total. The Balaban J connectivity index is 1.84. The molecule has 0 aromatic heterocycles. The summed E-state index contributed by atoms with van der Waals surface area (Å²) in [5.41, 5.74) is 3.44. The Kier molecular flexibility index (Phi) is 10.8. The fraction of sp³-hybridized carbons (Fsp3) is 0.472. The Bertz CT molecular complexity index is 1760. The number of ketones is 3. The number of esters is 1. The van der Waals surface area contributed by atoms with Gasteiger partial charge in [0.25, 0.3) is 11.7 Å². The van der Waals surface area contributed by atoms with Gasteiger partial charge >= 0.3 is 11.8 Å². The maximum atomic E-state index is 13.8. The van der Waals surface area contributed by atoms with Crippen molar-refractivity contribution in [3.63, 3.8) is 0 Å². The summed E-state index contributed by atoms with van der Waals surface area (Å²) in [4.78, 5) is 66.4. The molecule has 4 aliphatic rings. The Morgan fingerprint density at radius 2 is 1.56 bits per heavy atom. The van der Waals surface area contributed by atoms with Crippen LogP contribution in [0.25, 0.3) is 0 Å². The number of hydrogen-bond acceptors (Lipinski definition) is 13. The number of benzene rings is 1. The van der Waals surface area contributed by atoms with Crippen LogP contribution in [0.5, 0.6) is 11.5 Å². The van der Waals surface area contributed by atoms with Crippen molar-refractivity contribution in [3.05, 3.63) is 69.8 Å². The van der Waals surface area contributed by atoms with Crippen LogP contribution in [0.15, 0.2) is 47.5 Å². The number of carbonyl (C=O) groups excluding carboxylic acids is 5. The van der Waals surface area contributed by atoms with Gasteiger partial charge in [-0.3, -0.25) is 24.0 Å². The molecule has 0 spiro atoms. The Morgan fingerprint density at radius 1 is 0.920 bits per heavy atom. The second-order valence-electron chi connectivity index (χ2n) is 13.4. The fourth-order valence-corrected chi connectivity index (χ4v) is 6.43. The number of nitrogens with two attached hydrogens (primary N) is 1. The highest BCUT2D eigenvalue weighted by Gasteiger charge is 2.52. The lowest BCUT2D eigenvalue weighted by atomic mass is 9.78. The third-order valence-electron chi connectivity index (χ3n) is 9.75. The van der Waals surface area contributed by atoms with E-state index in [9.17, 15) is 44.4 Å². The van der Waals surface area contributed by atoms with E-state index in [0.717, 1.165) is 6.26 Å². The van der Waals surface area contributed by atoms with E-state index < -0.39 is 111 Å². The molecule has 0 fully saturated rings. The number of carbonyl (C=O) groups is 5. The lowest BCUT2D eigenvalue weighted by molar-refractivity contribution is -0.159. The molecular formula is C36H44N2O12. The maximum absolute atomic E-state index is 13.8. The van der Waals surface area contributed by atoms with Gasteiger partial charge in [-0.15, -0.1) is 0 Å². The summed E-state index contributed by atoms with van der Waals surface area (Å²) in [6, 6.07) is 0. The number of hydrogen-bond donors (Lipinski definition) is 6. The molecule has 14 heteroatoms. The maximum Gasteiger partial charge on any atom is 0.312 e. The highest BCUT2D eigenvalue weighted by atomic mass is 16.7. The number of aliphatic hydroxyl groups is 3. The van der Waals surface area contributed by atoms with Crippen molar-refractivity contribution >= 4 is 29.2 Å². The van der Waals surface area contributed by atoms with Crippen molar-refractivity contribution in [2.24, 2.45) is 29.4 Å². The van der Waals surface area contributed by atoms with Gasteiger partial charge in [0, 0.05) is 48.7 Å². The average molecular weight is 697 g/mol. The summed E-state index contributed by atoms with van der Waals surface area (Å²) < 4.78 is 17.0. The molecule has 0 radical (unpaired) electrons. The molecule has 0 saturated heterocycles. The van der Waals surface area contributed by atoms with Crippen molar-refractivity contribution in [1.82, 2.24) is 5.32 Å². The first-order valence-electron chi connectivity index (χ1n) is 16.2. The van der Waals surface area contributed by atoms with Gasteiger partial charge in [-0.05, 0) is 19.9 Å². The first-order chi connectivity index (χ1) is 23.2. The molecule has 0 unspecified atom stereocenters. The van der Waals surface area contributed by atoms with E-state index in [1.54, 1.807) is 33.8 Å². The van der Waals surface area contributed by atoms with E-state index in [0.29, 0.717) is 0 Å². The van der Waals surface area contributed by atoms with Gasteiger partial charge < -0.3 is 45.7 Å². The van der Waals surface area contributed by atoms with Gasteiger partial charge in [-0.1, -0.05) is 45.9 Å². The number of Topliss-reactive ketones (excluding diaryl/α,β-unsaturated/α-hetero) is 3. The van der Waals surface area contributed by atoms with Gasteiger partial charge in [0.2, 0.25) is 11.6 Å². The van der Waals surface area contributed by atoms with Crippen LogP contribution < -0.4 is 15.8 Å². The van der Waals surface area contributed by atoms with Gasteiger partial charge in [-0.2, -0.15) is 0 Å². The predicted octanol–water partition coefficient (Wildman–Crippen LogP) is 2.26. The molecule has 3 aliphatic heterocycles. The molecule has 1 aromatic carbocycles. The molecule has 270 valence electrons. The zero-order valence-corrected chi connectivity index (χ0v) is 29.1. The molecule has 7 N–H and O–H groups in total. The Morgan fingerprint density at radius 3 is 2.18 bits per heavy atom. The van der Waals surface area contributed by atoms with Crippen LogP contribution in [0, 0.1) is 30.6 Å². The van der Waals surface area contributed by atoms with Crippen molar-refractivity contribution in [2.45, 2.75) is 85.6 Å². The van der Waals surface area contributed by atoms with Crippen molar-refractivity contribution in [3.8, 4) is 11.5 Å². The number of phenols is 1. The fourth-order valence-electron chi connectivity index (χ4n) is 6.43. The zero-order valence-electron chi connectivity index (χ0n) is 29.1. The molecule has 0 saturated carbocycles. The first-order valence-corrected chi connectivity index (χ1v) is 16.2. The number of ether oxygens (including phenoxy) is 3. The highest BCUT2D eigenvalue weighted by Crippen LogP contribution is 2.48. The lowest BCUT2D eigenvalue weighted by Crippen LogP contribution is -2.46. The van der Waals surface area contributed by atoms with Gasteiger partial charge in [0.1, 0.15) is 29.0 Å². The van der Waals surface area contributed by atoms with E-state index in [1.807, 2.05) is 0 Å². The molecule has 1 aromatic rings. The second kappa shape index (κ2) is 14.2. The van der Waals surface area contributed by atoms with E-state index in [4.69, 9.17) is 19.9 Å². The first kappa shape index (κ1) is 38.0. The lowest BCUT2D eigenvalue weighted by Gasteiger charge is -2.37. The SMILES string of the molecule is CC(=O)O[C@H]1[C@H](C)[C@H](O)[C@H](C)[C@@H](O)[C@@H](C)C=CC=C(C)C(=O)NC2=C(N)C(=O)c3c(c(O)c(C)c4c3C(=O)[C@@](C)(OC=C[C@H](O)[C@H]1C)O4)C2=O. The normalized spacial score (nSPS) is 32.3.